The Morgan fingerprint density at radius 2 is 2.33 bits per heavy atom. The van der Waals surface area contributed by atoms with Crippen molar-refractivity contribution in [2.75, 3.05) is 0 Å². The number of allylic oxidation sites excluding steroid dienone is 1. The van der Waals surface area contributed by atoms with E-state index >= 15 is 0 Å². The van der Waals surface area contributed by atoms with E-state index in [0.717, 1.165) is 12.0 Å². The monoisotopic (exact) mass is 164 g/mol. The van der Waals surface area contributed by atoms with Crippen molar-refractivity contribution in [1.82, 2.24) is 0 Å². The van der Waals surface area contributed by atoms with Crippen LogP contribution in [0, 0.1) is 0 Å². The Balaban J connectivity index is 2.45. The molecule has 1 rings (SSSR count). The Hall–Kier alpha value is -1.31. The van der Waals surface area contributed by atoms with Crippen molar-refractivity contribution >= 4 is 5.78 Å². The van der Waals surface area contributed by atoms with E-state index in [4.69, 9.17) is 4.42 Å². The van der Waals surface area contributed by atoms with E-state index in [1.54, 1.807) is 6.07 Å². The number of hydrogen-bond acceptors (Lipinski definition) is 2. The van der Waals surface area contributed by atoms with Gasteiger partial charge >= 0.3 is 0 Å². The van der Waals surface area contributed by atoms with Gasteiger partial charge in [0, 0.05) is 6.42 Å². The molecule has 0 saturated heterocycles. The van der Waals surface area contributed by atoms with Gasteiger partial charge in [0.05, 0.1) is 11.8 Å². The molecular formula is C10H12O2. The molecule has 0 amide bonds. The van der Waals surface area contributed by atoms with Crippen molar-refractivity contribution in [2.45, 2.75) is 19.8 Å². The average Bonchev–Trinajstić information content (AvgIpc) is 2.51. The summed E-state index contributed by atoms with van der Waals surface area (Å²) in [6, 6.07) is 1.68. The van der Waals surface area contributed by atoms with Gasteiger partial charge in [-0.25, -0.2) is 0 Å². The van der Waals surface area contributed by atoms with Crippen LogP contribution in [0.5, 0.6) is 0 Å². The molecule has 0 aromatic carbocycles. The SMILES string of the molecule is C=C(C)CCC(=O)c1ccoc1. The molecule has 0 aliphatic heterocycles. The Labute approximate surface area is 71.9 Å². The number of ketones is 1. The lowest BCUT2D eigenvalue weighted by Gasteiger charge is -1.96. The third-order valence-corrected chi connectivity index (χ3v) is 1.62. The Kier molecular flexibility index (Phi) is 2.86. The largest absolute Gasteiger partial charge is 0.472 e. The molecule has 0 aliphatic rings. The minimum atomic E-state index is 0.117. The molecule has 0 aliphatic carbocycles. The highest BCUT2D eigenvalue weighted by Gasteiger charge is 2.05. The molecule has 0 atom stereocenters. The molecule has 0 unspecified atom stereocenters. The van der Waals surface area contributed by atoms with Gasteiger partial charge in [0.2, 0.25) is 0 Å². The van der Waals surface area contributed by atoms with Gasteiger partial charge in [0.1, 0.15) is 6.26 Å². The minimum Gasteiger partial charge on any atom is -0.472 e. The molecule has 1 aromatic heterocycles. The zero-order valence-corrected chi connectivity index (χ0v) is 7.17. The van der Waals surface area contributed by atoms with Crippen LogP contribution >= 0.6 is 0 Å². The summed E-state index contributed by atoms with van der Waals surface area (Å²) in [5, 5.41) is 0. The van der Waals surface area contributed by atoms with E-state index < -0.39 is 0 Å². The van der Waals surface area contributed by atoms with Crippen LogP contribution in [0.3, 0.4) is 0 Å². The standard InChI is InChI=1S/C10H12O2/c1-8(2)3-4-10(11)9-5-6-12-7-9/h5-7H,1,3-4H2,2H3. The van der Waals surface area contributed by atoms with Crippen molar-refractivity contribution in [3.8, 4) is 0 Å². The fraction of sp³-hybridized carbons (Fsp3) is 0.300. The van der Waals surface area contributed by atoms with E-state index in [-0.39, 0.29) is 5.78 Å². The van der Waals surface area contributed by atoms with Crippen LogP contribution in [0.4, 0.5) is 0 Å². The van der Waals surface area contributed by atoms with Crippen LogP contribution in [0.15, 0.2) is 35.2 Å². The van der Waals surface area contributed by atoms with Gasteiger partial charge in [0.25, 0.3) is 0 Å². The summed E-state index contributed by atoms with van der Waals surface area (Å²) in [4.78, 5) is 11.3. The first kappa shape index (κ1) is 8.78. The number of carbonyl (C=O) groups is 1. The molecule has 2 heteroatoms. The van der Waals surface area contributed by atoms with Crippen molar-refractivity contribution < 1.29 is 9.21 Å². The molecule has 12 heavy (non-hydrogen) atoms. The van der Waals surface area contributed by atoms with Crippen molar-refractivity contribution in [2.24, 2.45) is 0 Å². The molecule has 0 bridgehead atoms. The molecule has 0 N–H and O–H groups in total. The molecule has 0 saturated carbocycles. The lowest BCUT2D eigenvalue weighted by Crippen LogP contribution is -1.96. The van der Waals surface area contributed by atoms with Gasteiger partial charge in [-0.2, -0.15) is 0 Å². The first-order chi connectivity index (χ1) is 5.70. The van der Waals surface area contributed by atoms with Crippen LogP contribution in [-0.2, 0) is 0 Å². The van der Waals surface area contributed by atoms with Crippen LogP contribution in [0.2, 0.25) is 0 Å². The molecule has 0 radical (unpaired) electrons. The van der Waals surface area contributed by atoms with E-state index in [2.05, 4.69) is 6.58 Å². The van der Waals surface area contributed by atoms with E-state index in [9.17, 15) is 4.79 Å². The summed E-state index contributed by atoms with van der Waals surface area (Å²) in [5.74, 6) is 0.117. The highest BCUT2D eigenvalue weighted by Crippen LogP contribution is 2.08. The molecule has 0 fully saturated rings. The van der Waals surface area contributed by atoms with Gasteiger partial charge in [-0.05, 0) is 19.4 Å². The maximum absolute atomic E-state index is 11.3. The molecule has 2 nitrogen and oxygen atoms in total. The number of hydrogen-bond donors (Lipinski definition) is 0. The van der Waals surface area contributed by atoms with Crippen molar-refractivity contribution in [3.63, 3.8) is 0 Å². The Morgan fingerprint density at radius 3 is 2.83 bits per heavy atom. The van der Waals surface area contributed by atoms with Crippen LogP contribution < -0.4 is 0 Å². The predicted octanol–water partition coefficient (Wildman–Crippen LogP) is 2.82. The molecule has 0 spiro atoms. The minimum absolute atomic E-state index is 0.117. The van der Waals surface area contributed by atoms with Gasteiger partial charge < -0.3 is 4.42 Å². The van der Waals surface area contributed by atoms with Crippen LogP contribution in [-0.4, -0.2) is 5.78 Å². The van der Waals surface area contributed by atoms with E-state index in [0.29, 0.717) is 12.0 Å². The van der Waals surface area contributed by atoms with Gasteiger partial charge in [-0.15, -0.1) is 6.58 Å². The number of furan rings is 1. The lowest BCUT2D eigenvalue weighted by atomic mass is 10.1. The van der Waals surface area contributed by atoms with Gasteiger partial charge in [-0.3, -0.25) is 4.79 Å². The summed E-state index contributed by atoms with van der Waals surface area (Å²) in [7, 11) is 0. The maximum atomic E-state index is 11.3. The smallest absolute Gasteiger partial charge is 0.166 e. The quantitative estimate of drug-likeness (QED) is 0.506. The van der Waals surface area contributed by atoms with E-state index in [1.807, 2.05) is 6.92 Å². The Bertz CT molecular complexity index is 270. The first-order valence-corrected chi connectivity index (χ1v) is 3.90. The average molecular weight is 164 g/mol. The molecule has 64 valence electrons. The molecule has 1 heterocycles. The second-order valence-electron chi connectivity index (χ2n) is 2.89. The number of rotatable bonds is 4. The summed E-state index contributed by atoms with van der Waals surface area (Å²) >= 11 is 0. The van der Waals surface area contributed by atoms with Gasteiger partial charge in [-0.1, -0.05) is 5.57 Å². The second-order valence-corrected chi connectivity index (χ2v) is 2.89. The summed E-state index contributed by atoms with van der Waals surface area (Å²) < 4.78 is 4.80. The maximum Gasteiger partial charge on any atom is 0.166 e. The number of carbonyl (C=O) groups excluding carboxylic acids is 1. The van der Waals surface area contributed by atoms with Crippen molar-refractivity contribution in [1.29, 1.82) is 0 Å². The lowest BCUT2D eigenvalue weighted by molar-refractivity contribution is 0.0982. The third-order valence-electron chi connectivity index (χ3n) is 1.62. The summed E-state index contributed by atoms with van der Waals surface area (Å²) in [6.45, 7) is 5.65. The Morgan fingerprint density at radius 1 is 1.58 bits per heavy atom. The fourth-order valence-electron chi connectivity index (χ4n) is 0.894. The summed E-state index contributed by atoms with van der Waals surface area (Å²) in [5.41, 5.74) is 1.68. The van der Waals surface area contributed by atoms with Crippen LogP contribution in [0.25, 0.3) is 0 Å². The number of Topliss-reactive ketones (excluding diaryl/α,β-unsaturated/α-hetero) is 1. The third kappa shape index (κ3) is 2.38. The second kappa shape index (κ2) is 3.90. The van der Waals surface area contributed by atoms with Crippen LogP contribution in [0.1, 0.15) is 30.1 Å². The normalized spacial score (nSPS) is 9.75. The predicted molar refractivity (Wildman–Crippen MR) is 47.1 cm³/mol. The summed E-state index contributed by atoms with van der Waals surface area (Å²) in [6.07, 6.45) is 4.26. The topological polar surface area (TPSA) is 30.2 Å². The fourth-order valence-corrected chi connectivity index (χ4v) is 0.894. The zero-order valence-electron chi connectivity index (χ0n) is 7.17. The van der Waals surface area contributed by atoms with E-state index in [1.165, 1.54) is 12.5 Å². The molecule has 1 aromatic rings. The van der Waals surface area contributed by atoms with Gasteiger partial charge in [0.15, 0.2) is 5.78 Å². The van der Waals surface area contributed by atoms with Crippen molar-refractivity contribution in [3.05, 3.63) is 36.3 Å². The highest BCUT2D eigenvalue weighted by molar-refractivity contribution is 5.95. The molecular weight excluding hydrogens is 152 g/mol. The zero-order chi connectivity index (χ0) is 8.97. The first-order valence-electron chi connectivity index (χ1n) is 3.90. The highest BCUT2D eigenvalue weighted by atomic mass is 16.3.